The number of aryl methyl sites for hydroxylation is 1. The Morgan fingerprint density at radius 1 is 1.29 bits per heavy atom. The average Bonchev–Trinajstić information content (AvgIpc) is 3.36. The lowest BCUT2D eigenvalue weighted by Crippen LogP contribution is -2.49. The molecule has 0 radical (unpaired) electrons. The molecule has 2 N–H and O–H groups in total. The molecule has 1 fully saturated rings. The third kappa shape index (κ3) is 4.60. The van der Waals surface area contributed by atoms with Gasteiger partial charge in [0, 0.05) is 43.7 Å². The fourth-order valence-corrected chi connectivity index (χ4v) is 5.35. The fourth-order valence-electron chi connectivity index (χ4n) is 5.35. The topological polar surface area (TPSA) is 99.3 Å². The lowest BCUT2D eigenvalue weighted by atomic mass is 9.79. The molecule has 9 nitrogen and oxygen atoms in total. The number of anilines is 1. The van der Waals surface area contributed by atoms with Gasteiger partial charge >= 0.3 is 6.01 Å². The van der Waals surface area contributed by atoms with E-state index in [4.69, 9.17) is 14.7 Å². The molecule has 3 heterocycles. The highest BCUT2D eigenvalue weighted by molar-refractivity contribution is 5.87. The van der Waals surface area contributed by atoms with Gasteiger partial charge in [0.15, 0.2) is 0 Å². The first kappa shape index (κ1) is 23.3. The van der Waals surface area contributed by atoms with Crippen molar-refractivity contribution < 1.29 is 9.53 Å². The first-order valence-corrected chi connectivity index (χ1v) is 12.3. The number of benzene rings is 1. The van der Waals surface area contributed by atoms with E-state index in [-0.39, 0.29) is 5.91 Å². The molecule has 1 unspecified atom stereocenters. The van der Waals surface area contributed by atoms with Crippen molar-refractivity contribution in [1.82, 2.24) is 30.4 Å². The van der Waals surface area contributed by atoms with Crippen molar-refractivity contribution in [2.45, 2.75) is 32.1 Å². The quantitative estimate of drug-likeness (QED) is 0.400. The molecule has 9 heteroatoms. The highest BCUT2D eigenvalue weighted by Gasteiger charge is 2.30. The number of nitrogens with one attached hydrogen (secondary N) is 2. The van der Waals surface area contributed by atoms with Crippen molar-refractivity contribution in [2.75, 3.05) is 51.3 Å². The SMILES string of the molecule is C=CC(=O)N1CCN(c2nc(OCCNC)nc3c2CCC(c2c(C)ccc4[nH]ncc24)C3)CC1. The van der Waals surface area contributed by atoms with Gasteiger partial charge in [-0.1, -0.05) is 12.6 Å². The Hall–Kier alpha value is -3.46. The van der Waals surface area contributed by atoms with Crippen LogP contribution < -0.4 is 15.0 Å². The molecule has 2 aromatic heterocycles. The van der Waals surface area contributed by atoms with Gasteiger partial charge in [-0.15, -0.1) is 0 Å². The van der Waals surface area contributed by atoms with Crippen LogP contribution in [0.25, 0.3) is 10.9 Å². The van der Waals surface area contributed by atoms with Crippen LogP contribution in [-0.4, -0.2) is 77.4 Å². The van der Waals surface area contributed by atoms with E-state index in [0.29, 0.717) is 31.6 Å². The fraction of sp³-hybridized carbons (Fsp3) is 0.462. The van der Waals surface area contributed by atoms with E-state index >= 15 is 0 Å². The molecule has 0 bridgehead atoms. The molecular weight excluding hydrogens is 442 g/mol. The first-order valence-electron chi connectivity index (χ1n) is 12.3. The molecule has 1 aromatic carbocycles. The van der Waals surface area contributed by atoms with Crippen LogP contribution in [0.2, 0.25) is 0 Å². The lowest BCUT2D eigenvalue weighted by molar-refractivity contribution is -0.126. The maximum Gasteiger partial charge on any atom is 0.318 e. The van der Waals surface area contributed by atoms with Gasteiger partial charge in [-0.05, 0) is 62.4 Å². The van der Waals surface area contributed by atoms with E-state index in [2.05, 4.69) is 46.0 Å². The number of hydrogen-bond acceptors (Lipinski definition) is 7. The molecule has 3 aromatic rings. The van der Waals surface area contributed by atoms with Crippen molar-refractivity contribution >= 4 is 22.6 Å². The zero-order chi connectivity index (χ0) is 24.4. The molecule has 184 valence electrons. The van der Waals surface area contributed by atoms with Crippen LogP contribution in [0.4, 0.5) is 5.82 Å². The van der Waals surface area contributed by atoms with Gasteiger partial charge < -0.3 is 19.9 Å². The molecular formula is C26H33N7O2. The van der Waals surface area contributed by atoms with E-state index in [0.717, 1.165) is 55.9 Å². The van der Waals surface area contributed by atoms with Crippen molar-refractivity contribution in [3.05, 3.63) is 53.4 Å². The minimum atomic E-state index is -0.0166. The molecule has 1 aliphatic carbocycles. The second-order valence-corrected chi connectivity index (χ2v) is 9.29. The summed E-state index contributed by atoms with van der Waals surface area (Å²) >= 11 is 0. The molecule has 1 amide bonds. The zero-order valence-electron chi connectivity index (χ0n) is 20.5. The molecule has 2 aliphatic rings. The number of aromatic nitrogens is 4. The number of amides is 1. The minimum absolute atomic E-state index is 0.0166. The highest BCUT2D eigenvalue weighted by atomic mass is 16.5. The lowest BCUT2D eigenvalue weighted by Gasteiger charge is -2.37. The number of piperazine rings is 1. The molecule has 35 heavy (non-hydrogen) atoms. The standard InChI is InChI=1S/C26H33N7O2/c1-4-23(34)32-10-12-33(13-11-32)25-19-7-6-18(15-22(19)29-26(30-25)35-14-9-27-3)24-17(2)5-8-21-20(24)16-28-31-21/h4-5,8,16,18,27H,1,6-7,9-15H2,2-3H3,(H,28,31). The summed E-state index contributed by atoms with van der Waals surface area (Å²) in [5.41, 5.74) is 5.99. The number of hydrogen-bond donors (Lipinski definition) is 2. The van der Waals surface area contributed by atoms with Crippen LogP contribution in [0.1, 0.15) is 34.7 Å². The summed E-state index contributed by atoms with van der Waals surface area (Å²) in [6.45, 7) is 9.81. The predicted molar refractivity (Wildman–Crippen MR) is 136 cm³/mol. The maximum absolute atomic E-state index is 12.0. The monoisotopic (exact) mass is 475 g/mol. The van der Waals surface area contributed by atoms with E-state index in [9.17, 15) is 4.79 Å². The van der Waals surface area contributed by atoms with Gasteiger partial charge in [-0.3, -0.25) is 9.89 Å². The van der Waals surface area contributed by atoms with Crippen LogP contribution in [0.5, 0.6) is 6.01 Å². The number of fused-ring (bicyclic) bond motifs is 2. The highest BCUT2D eigenvalue weighted by Crippen LogP contribution is 2.40. The average molecular weight is 476 g/mol. The summed E-state index contributed by atoms with van der Waals surface area (Å²) in [6.07, 6.45) is 6.11. The second-order valence-electron chi connectivity index (χ2n) is 9.29. The smallest absolute Gasteiger partial charge is 0.318 e. The summed E-state index contributed by atoms with van der Waals surface area (Å²) in [5, 5.41) is 11.7. The van der Waals surface area contributed by atoms with Crippen LogP contribution in [-0.2, 0) is 17.6 Å². The molecule has 1 atom stereocenters. The Morgan fingerprint density at radius 2 is 2.11 bits per heavy atom. The molecule has 5 rings (SSSR count). The van der Waals surface area contributed by atoms with E-state index in [1.807, 2.05) is 18.1 Å². The molecule has 1 aliphatic heterocycles. The number of H-pyrrole nitrogens is 1. The third-order valence-electron chi connectivity index (χ3n) is 7.17. The minimum Gasteiger partial charge on any atom is -0.462 e. The van der Waals surface area contributed by atoms with Crippen molar-refractivity contribution in [3.8, 4) is 6.01 Å². The van der Waals surface area contributed by atoms with Crippen molar-refractivity contribution in [2.24, 2.45) is 0 Å². The second kappa shape index (κ2) is 10.0. The van der Waals surface area contributed by atoms with Crippen molar-refractivity contribution in [1.29, 1.82) is 0 Å². The molecule has 1 saturated heterocycles. The number of carbonyl (C=O) groups is 1. The number of likely N-dealkylation sites (N-methyl/N-ethyl adjacent to an activating group) is 1. The van der Waals surface area contributed by atoms with Crippen LogP contribution >= 0.6 is 0 Å². The summed E-state index contributed by atoms with van der Waals surface area (Å²) in [7, 11) is 1.90. The van der Waals surface area contributed by atoms with Crippen LogP contribution in [0.15, 0.2) is 31.0 Å². The van der Waals surface area contributed by atoms with Gasteiger partial charge in [0.1, 0.15) is 12.4 Å². The summed E-state index contributed by atoms with van der Waals surface area (Å²) in [6, 6.07) is 4.70. The van der Waals surface area contributed by atoms with Crippen LogP contribution in [0, 0.1) is 6.92 Å². The third-order valence-corrected chi connectivity index (χ3v) is 7.17. The Kier molecular flexibility index (Phi) is 6.68. The van der Waals surface area contributed by atoms with E-state index < -0.39 is 0 Å². The summed E-state index contributed by atoms with van der Waals surface area (Å²) in [4.78, 5) is 25.9. The number of nitrogens with zero attached hydrogens (tertiary/aromatic N) is 5. The Bertz CT molecular complexity index is 1230. The number of rotatable bonds is 7. The normalized spacial score (nSPS) is 17.9. The van der Waals surface area contributed by atoms with E-state index in [1.165, 1.54) is 28.2 Å². The van der Waals surface area contributed by atoms with Gasteiger partial charge in [0.2, 0.25) is 5.91 Å². The van der Waals surface area contributed by atoms with Gasteiger partial charge in [0.05, 0.1) is 17.4 Å². The number of carbonyl (C=O) groups excluding carboxylic acids is 1. The molecule has 0 spiro atoms. The van der Waals surface area contributed by atoms with Crippen LogP contribution in [0.3, 0.4) is 0 Å². The first-order chi connectivity index (χ1) is 17.1. The Morgan fingerprint density at radius 3 is 2.89 bits per heavy atom. The number of aromatic amines is 1. The Balaban J connectivity index is 1.46. The largest absolute Gasteiger partial charge is 0.462 e. The predicted octanol–water partition coefficient (Wildman–Crippen LogP) is 2.37. The Labute approximate surface area is 205 Å². The zero-order valence-corrected chi connectivity index (χ0v) is 20.5. The van der Waals surface area contributed by atoms with Crippen molar-refractivity contribution in [3.63, 3.8) is 0 Å². The van der Waals surface area contributed by atoms with E-state index in [1.54, 1.807) is 0 Å². The maximum atomic E-state index is 12.0. The number of ether oxygens (including phenoxy) is 1. The van der Waals surface area contributed by atoms with Gasteiger partial charge in [-0.2, -0.15) is 15.1 Å². The molecule has 0 saturated carbocycles. The summed E-state index contributed by atoms with van der Waals surface area (Å²) < 4.78 is 5.94. The summed E-state index contributed by atoms with van der Waals surface area (Å²) in [5.74, 6) is 1.30. The van der Waals surface area contributed by atoms with Gasteiger partial charge in [0.25, 0.3) is 0 Å². The van der Waals surface area contributed by atoms with Gasteiger partial charge in [-0.25, -0.2) is 0 Å².